The van der Waals surface area contributed by atoms with Gasteiger partial charge in [-0.25, -0.2) is 0 Å². The van der Waals surface area contributed by atoms with E-state index in [0.717, 1.165) is 5.56 Å². The number of aromatic nitrogens is 1. The summed E-state index contributed by atoms with van der Waals surface area (Å²) < 4.78 is 0. The Morgan fingerprint density at radius 2 is 2.00 bits per heavy atom. The van der Waals surface area contributed by atoms with Gasteiger partial charge < -0.3 is 4.98 Å². The predicted octanol–water partition coefficient (Wildman–Crippen LogP) is 1.67. The van der Waals surface area contributed by atoms with Crippen LogP contribution in [0.4, 0.5) is 0 Å². The molecule has 0 unspecified atom stereocenters. The van der Waals surface area contributed by atoms with Gasteiger partial charge in [0.25, 0.3) is 5.56 Å². The van der Waals surface area contributed by atoms with Crippen LogP contribution in [0.3, 0.4) is 0 Å². The number of rotatable bonds is 0. The highest BCUT2D eigenvalue weighted by Gasteiger charge is 2.16. The van der Waals surface area contributed by atoms with Gasteiger partial charge in [0, 0.05) is 11.8 Å². The smallest absolute Gasteiger partial charge is 0.251 e. The molecule has 1 aromatic rings. The fourth-order valence-corrected chi connectivity index (χ4v) is 1.01. The number of pyridine rings is 1. The molecule has 0 aromatic carbocycles. The summed E-state index contributed by atoms with van der Waals surface area (Å²) in [5.41, 5.74) is 0.787. The number of hydrogen-bond acceptors (Lipinski definition) is 1. The van der Waals surface area contributed by atoms with Gasteiger partial charge >= 0.3 is 0 Å². The Morgan fingerprint density at radius 1 is 1.36 bits per heavy atom. The van der Waals surface area contributed by atoms with Gasteiger partial charge in [-0.2, -0.15) is 0 Å². The SMILES string of the molecule is CC(C)(C)c1ccc[nH]c1=O. The first-order chi connectivity index (χ1) is 5.02. The lowest BCUT2D eigenvalue weighted by atomic mass is 9.88. The predicted molar refractivity (Wildman–Crippen MR) is 45.8 cm³/mol. The number of H-pyrrole nitrogens is 1. The molecule has 0 fully saturated rings. The maximum Gasteiger partial charge on any atom is 0.251 e. The molecule has 0 spiro atoms. The molecule has 60 valence electrons. The zero-order chi connectivity index (χ0) is 8.48. The fraction of sp³-hybridized carbons (Fsp3) is 0.444. The summed E-state index contributed by atoms with van der Waals surface area (Å²) in [5, 5.41) is 0. The van der Waals surface area contributed by atoms with Gasteiger partial charge in [-0.3, -0.25) is 4.79 Å². The average Bonchev–Trinajstić information content (AvgIpc) is 1.86. The molecule has 0 amide bonds. The van der Waals surface area contributed by atoms with Crippen molar-refractivity contribution in [3.8, 4) is 0 Å². The van der Waals surface area contributed by atoms with Crippen molar-refractivity contribution in [3.05, 3.63) is 34.2 Å². The van der Waals surface area contributed by atoms with E-state index in [9.17, 15) is 4.79 Å². The lowest BCUT2D eigenvalue weighted by Crippen LogP contribution is -2.23. The summed E-state index contributed by atoms with van der Waals surface area (Å²) in [5.74, 6) is 0. The van der Waals surface area contributed by atoms with Gasteiger partial charge in [-0.1, -0.05) is 26.8 Å². The first-order valence-electron chi connectivity index (χ1n) is 3.70. The van der Waals surface area contributed by atoms with Crippen molar-refractivity contribution in [2.45, 2.75) is 26.2 Å². The Kier molecular flexibility index (Phi) is 1.85. The lowest BCUT2D eigenvalue weighted by Gasteiger charge is -2.16. The molecule has 0 saturated heterocycles. The molecule has 1 rings (SSSR count). The molecule has 1 N–H and O–H groups in total. The minimum absolute atomic E-state index is 0.0139. The molecule has 0 atom stereocenters. The highest BCUT2D eigenvalue weighted by Crippen LogP contribution is 2.16. The zero-order valence-electron chi connectivity index (χ0n) is 7.14. The highest BCUT2D eigenvalue weighted by molar-refractivity contribution is 5.17. The van der Waals surface area contributed by atoms with Crippen LogP contribution < -0.4 is 5.56 Å². The Labute approximate surface area is 66.3 Å². The first kappa shape index (κ1) is 8.05. The second-order valence-corrected chi connectivity index (χ2v) is 3.66. The van der Waals surface area contributed by atoms with Crippen LogP contribution in [-0.4, -0.2) is 4.98 Å². The summed E-state index contributed by atoms with van der Waals surface area (Å²) in [7, 11) is 0. The summed E-state index contributed by atoms with van der Waals surface area (Å²) in [6.07, 6.45) is 1.65. The van der Waals surface area contributed by atoms with Gasteiger partial charge in [0.1, 0.15) is 0 Å². The minimum atomic E-state index is -0.0607. The lowest BCUT2D eigenvalue weighted by molar-refractivity contribution is 0.581. The third kappa shape index (κ3) is 1.70. The maximum absolute atomic E-state index is 11.2. The van der Waals surface area contributed by atoms with Crippen LogP contribution in [0.1, 0.15) is 26.3 Å². The van der Waals surface area contributed by atoms with Crippen LogP contribution in [0.25, 0.3) is 0 Å². The molecule has 0 aliphatic carbocycles. The Hall–Kier alpha value is -1.05. The molecule has 2 heteroatoms. The molecule has 0 saturated carbocycles. The number of aromatic amines is 1. The van der Waals surface area contributed by atoms with Crippen LogP contribution in [0, 0.1) is 0 Å². The molecule has 11 heavy (non-hydrogen) atoms. The van der Waals surface area contributed by atoms with Gasteiger partial charge in [-0.15, -0.1) is 0 Å². The van der Waals surface area contributed by atoms with E-state index in [1.165, 1.54) is 0 Å². The minimum Gasteiger partial charge on any atom is -0.329 e. The normalized spacial score (nSPS) is 11.5. The van der Waals surface area contributed by atoms with E-state index in [-0.39, 0.29) is 11.0 Å². The third-order valence-electron chi connectivity index (χ3n) is 1.63. The second-order valence-electron chi connectivity index (χ2n) is 3.66. The van der Waals surface area contributed by atoms with Crippen LogP contribution >= 0.6 is 0 Å². The van der Waals surface area contributed by atoms with Gasteiger partial charge in [0.2, 0.25) is 0 Å². The largest absolute Gasteiger partial charge is 0.329 e. The van der Waals surface area contributed by atoms with E-state index in [1.54, 1.807) is 6.20 Å². The number of nitrogens with one attached hydrogen (secondary N) is 1. The van der Waals surface area contributed by atoms with E-state index >= 15 is 0 Å². The Balaban J connectivity index is 3.26. The molecule has 0 aliphatic heterocycles. The molecular formula is C9H13NO. The second kappa shape index (κ2) is 2.53. The van der Waals surface area contributed by atoms with E-state index in [4.69, 9.17) is 0 Å². The van der Waals surface area contributed by atoms with Crippen molar-refractivity contribution in [1.29, 1.82) is 0 Å². The van der Waals surface area contributed by atoms with Crippen LogP contribution in [0.15, 0.2) is 23.1 Å². The molecule has 1 aromatic heterocycles. The van der Waals surface area contributed by atoms with Crippen molar-refractivity contribution in [1.82, 2.24) is 4.98 Å². The molecule has 0 aliphatic rings. The third-order valence-corrected chi connectivity index (χ3v) is 1.63. The highest BCUT2D eigenvalue weighted by atomic mass is 16.1. The Morgan fingerprint density at radius 3 is 2.36 bits per heavy atom. The Bertz CT molecular complexity index is 293. The molecule has 1 heterocycles. The number of hydrogen-bond donors (Lipinski definition) is 1. The van der Waals surface area contributed by atoms with Crippen molar-refractivity contribution in [3.63, 3.8) is 0 Å². The molecule has 2 nitrogen and oxygen atoms in total. The van der Waals surface area contributed by atoms with E-state index in [1.807, 2.05) is 32.9 Å². The first-order valence-corrected chi connectivity index (χ1v) is 3.70. The van der Waals surface area contributed by atoms with Crippen molar-refractivity contribution < 1.29 is 0 Å². The molecular weight excluding hydrogens is 138 g/mol. The van der Waals surface area contributed by atoms with Gasteiger partial charge in [0.05, 0.1) is 0 Å². The van der Waals surface area contributed by atoms with Crippen molar-refractivity contribution >= 4 is 0 Å². The van der Waals surface area contributed by atoms with Crippen LogP contribution in [-0.2, 0) is 5.41 Å². The van der Waals surface area contributed by atoms with Gasteiger partial charge in [0.15, 0.2) is 0 Å². The molecule has 0 radical (unpaired) electrons. The quantitative estimate of drug-likeness (QED) is 0.601. The fourth-order valence-electron chi connectivity index (χ4n) is 1.01. The molecule has 0 bridgehead atoms. The van der Waals surface area contributed by atoms with Crippen LogP contribution in [0.2, 0.25) is 0 Å². The van der Waals surface area contributed by atoms with E-state index in [2.05, 4.69) is 4.98 Å². The van der Waals surface area contributed by atoms with E-state index in [0.29, 0.717) is 0 Å². The van der Waals surface area contributed by atoms with Gasteiger partial charge in [-0.05, 0) is 11.5 Å². The zero-order valence-corrected chi connectivity index (χ0v) is 7.14. The van der Waals surface area contributed by atoms with Crippen LogP contribution in [0.5, 0.6) is 0 Å². The average molecular weight is 151 g/mol. The maximum atomic E-state index is 11.2. The summed E-state index contributed by atoms with van der Waals surface area (Å²) in [4.78, 5) is 13.9. The van der Waals surface area contributed by atoms with E-state index < -0.39 is 0 Å². The topological polar surface area (TPSA) is 32.9 Å². The van der Waals surface area contributed by atoms with Crippen molar-refractivity contribution in [2.24, 2.45) is 0 Å². The monoisotopic (exact) mass is 151 g/mol. The summed E-state index contributed by atoms with van der Waals surface area (Å²) in [6.45, 7) is 6.08. The van der Waals surface area contributed by atoms with Crippen molar-refractivity contribution in [2.75, 3.05) is 0 Å². The summed E-state index contributed by atoms with van der Waals surface area (Å²) >= 11 is 0. The standard InChI is InChI=1S/C9H13NO/c1-9(2,3)7-5-4-6-10-8(7)11/h4-6H,1-3H3,(H,10,11). The summed E-state index contributed by atoms with van der Waals surface area (Å²) in [6, 6.07) is 3.71.